The topological polar surface area (TPSA) is 36.4 Å². The Hall–Kier alpha value is -2.38. The van der Waals surface area contributed by atoms with Crippen LogP contribution in [-0.2, 0) is 0 Å². The lowest BCUT2D eigenvalue weighted by Gasteiger charge is -2.22. The van der Waals surface area contributed by atoms with E-state index in [0.717, 1.165) is 27.9 Å². The fourth-order valence-corrected chi connectivity index (χ4v) is 3.64. The first kappa shape index (κ1) is 18.4. The normalized spacial score (nSPS) is 11.3. The Balaban J connectivity index is 2.05. The van der Waals surface area contributed by atoms with E-state index >= 15 is 0 Å². The second-order valence-electron chi connectivity index (χ2n) is 6.32. The molecule has 0 N–H and O–H groups in total. The zero-order valence-corrected chi connectivity index (χ0v) is 15.6. The van der Waals surface area contributed by atoms with Crippen LogP contribution in [0.25, 0.3) is 10.2 Å². The summed E-state index contributed by atoms with van der Waals surface area (Å²) in [6.07, 6.45) is 0. The second kappa shape index (κ2) is 7.47. The van der Waals surface area contributed by atoms with E-state index in [-0.39, 0.29) is 6.54 Å². The molecule has 4 nitrogen and oxygen atoms in total. The van der Waals surface area contributed by atoms with Gasteiger partial charge in [-0.3, -0.25) is 9.69 Å². The van der Waals surface area contributed by atoms with Gasteiger partial charge < -0.3 is 4.90 Å². The molecule has 3 aromatic rings. The lowest BCUT2D eigenvalue weighted by Crippen LogP contribution is -2.37. The summed E-state index contributed by atoms with van der Waals surface area (Å²) in [7, 11) is 3.74. The molecule has 0 aliphatic carbocycles. The first-order valence-electron chi connectivity index (χ1n) is 8.14. The molecule has 0 saturated carbocycles. The number of hydrogen-bond donors (Lipinski definition) is 0. The Morgan fingerprint density at radius 2 is 1.81 bits per heavy atom. The number of likely N-dealkylation sites (N-methyl/N-ethyl adjacent to an activating group) is 1. The summed E-state index contributed by atoms with van der Waals surface area (Å²) in [6.45, 7) is 2.79. The van der Waals surface area contributed by atoms with Gasteiger partial charge in [0, 0.05) is 13.1 Å². The van der Waals surface area contributed by atoms with Gasteiger partial charge in [-0.15, -0.1) is 0 Å². The number of halogens is 2. The number of fused-ring (bicyclic) bond motifs is 1. The van der Waals surface area contributed by atoms with Crippen molar-refractivity contribution < 1.29 is 13.6 Å². The van der Waals surface area contributed by atoms with Crippen LogP contribution in [0.15, 0.2) is 36.4 Å². The molecular weight excluding hydrogens is 356 g/mol. The van der Waals surface area contributed by atoms with Gasteiger partial charge in [-0.2, -0.15) is 0 Å². The van der Waals surface area contributed by atoms with Crippen LogP contribution in [0.2, 0.25) is 0 Å². The molecular formula is C19H19F2N3OS. The molecule has 7 heteroatoms. The molecule has 26 heavy (non-hydrogen) atoms. The lowest BCUT2D eigenvalue weighted by atomic mass is 10.1. The quantitative estimate of drug-likeness (QED) is 0.674. The van der Waals surface area contributed by atoms with Crippen molar-refractivity contribution in [1.82, 2.24) is 9.88 Å². The third-order valence-electron chi connectivity index (χ3n) is 3.96. The predicted molar refractivity (Wildman–Crippen MR) is 101 cm³/mol. The van der Waals surface area contributed by atoms with Crippen molar-refractivity contribution in [3.63, 3.8) is 0 Å². The molecule has 0 bridgehead atoms. The van der Waals surface area contributed by atoms with Crippen molar-refractivity contribution in [3.05, 3.63) is 59.2 Å². The number of amides is 1. The minimum Gasteiger partial charge on any atom is -0.308 e. The van der Waals surface area contributed by atoms with Crippen LogP contribution in [0.3, 0.4) is 0 Å². The lowest BCUT2D eigenvalue weighted by molar-refractivity contribution is 0.0977. The Morgan fingerprint density at radius 3 is 2.46 bits per heavy atom. The van der Waals surface area contributed by atoms with E-state index in [0.29, 0.717) is 11.7 Å². The molecule has 0 atom stereocenters. The molecule has 1 heterocycles. The van der Waals surface area contributed by atoms with Crippen LogP contribution in [-0.4, -0.2) is 43.0 Å². The van der Waals surface area contributed by atoms with Crippen molar-refractivity contribution >= 4 is 32.6 Å². The zero-order chi connectivity index (χ0) is 18.8. The zero-order valence-electron chi connectivity index (χ0n) is 14.8. The number of aryl methyl sites for hydroxylation is 1. The highest BCUT2D eigenvalue weighted by Gasteiger charge is 2.26. The van der Waals surface area contributed by atoms with E-state index in [1.807, 2.05) is 44.1 Å². The van der Waals surface area contributed by atoms with Gasteiger partial charge in [0.05, 0.1) is 10.2 Å². The minimum absolute atomic E-state index is 0.276. The van der Waals surface area contributed by atoms with Crippen LogP contribution in [0, 0.1) is 18.6 Å². The fourth-order valence-electron chi connectivity index (χ4n) is 2.56. The standard InChI is InChI=1S/C19H19F2N3OS/c1-12-7-8-15-16(11-12)26-19(22-15)24(10-9-23(2)3)18(25)17-13(20)5-4-6-14(17)21/h4-8,11H,9-10H2,1-3H3. The molecule has 2 aromatic carbocycles. The summed E-state index contributed by atoms with van der Waals surface area (Å²) in [6, 6.07) is 9.21. The highest BCUT2D eigenvalue weighted by molar-refractivity contribution is 7.22. The van der Waals surface area contributed by atoms with Crippen molar-refractivity contribution in [1.29, 1.82) is 0 Å². The molecule has 0 aliphatic rings. The van der Waals surface area contributed by atoms with E-state index in [9.17, 15) is 13.6 Å². The SMILES string of the molecule is Cc1ccc2nc(N(CCN(C)C)C(=O)c3c(F)cccc3F)sc2c1. The van der Waals surface area contributed by atoms with Crippen LogP contribution in [0.5, 0.6) is 0 Å². The fraction of sp³-hybridized carbons (Fsp3) is 0.263. The summed E-state index contributed by atoms with van der Waals surface area (Å²) in [4.78, 5) is 20.7. The van der Waals surface area contributed by atoms with Crippen molar-refractivity contribution in [3.8, 4) is 0 Å². The van der Waals surface area contributed by atoms with Gasteiger partial charge in [-0.1, -0.05) is 23.5 Å². The number of anilines is 1. The maximum absolute atomic E-state index is 14.1. The maximum atomic E-state index is 14.1. The molecule has 136 valence electrons. The summed E-state index contributed by atoms with van der Waals surface area (Å²) in [5, 5.41) is 0.431. The van der Waals surface area contributed by atoms with Crippen molar-refractivity contribution in [2.75, 3.05) is 32.1 Å². The van der Waals surface area contributed by atoms with E-state index in [2.05, 4.69) is 4.98 Å². The average Bonchev–Trinajstić information content (AvgIpc) is 2.97. The monoisotopic (exact) mass is 375 g/mol. The van der Waals surface area contributed by atoms with E-state index in [4.69, 9.17) is 0 Å². The van der Waals surface area contributed by atoms with Gasteiger partial charge in [0.1, 0.15) is 17.2 Å². The highest BCUT2D eigenvalue weighted by Crippen LogP contribution is 2.31. The Morgan fingerprint density at radius 1 is 1.12 bits per heavy atom. The number of carbonyl (C=O) groups excluding carboxylic acids is 1. The predicted octanol–water partition coefficient (Wildman–Crippen LogP) is 4.09. The number of rotatable bonds is 5. The van der Waals surface area contributed by atoms with E-state index in [1.54, 1.807) is 0 Å². The Labute approximate surface area is 154 Å². The number of benzene rings is 2. The molecule has 0 aliphatic heterocycles. The third-order valence-corrected chi connectivity index (χ3v) is 5.00. The average molecular weight is 375 g/mol. The van der Waals surface area contributed by atoms with E-state index in [1.165, 1.54) is 22.3 Å². The summed E-state index contributed by atoms with van der Waals surface area (Å²) >= 11 is 1.34. The smallest absolute Gasteiger partial charge is 0.266 e. The number of carbonyl (C=O) groups is 1. The minimum atomic E-state index is -0.873. The molecule has 0 saturated heterocycles. The van der Waals surface area contributed by atoms with Crippen molar-refractivity contribution in [2.24, 2.45) is 0 Å². The molecule has 1 aromatic heterocycles. The molecule has 3 rings (SSSR count). The van der Waals surface area contributed by atoms with Crippen LogP contribution >= 0.6 is 11.3 Å². The number of aromatic nitrogens is 1. The molecule has 0 radical (unpaired) electrons. The van der Waals surface area contributed by atoms with E-state index < -0.39 is 23.1 Å². The van der Waals surface area contributed by atoms with Gasteiger partial charge in [0.15, 0.2) is 5.13 Å². The maximum Gasteiger partial charge on any atom is 0.266 e. The van der Waals surface area contributed by atoms with Gasteiger partial charge in [-0.25, -0.2) is 13.8 Å². The molecule has 1 amide bonds. The number of thiazole rings is 1. The first-order chi connectivity index (χ1) is 12.4. The molecule has 0 spiro atoms. The molecule has 0 unspecified atom stereocenters. The van der Waals surface area contributed by atoms with Gasteiger partial charge in [0.25, 0.3) is 5.91 Å². The Bertz CT molecular complexity index is 935. The van der Waals surface area contributed by atoms with Crippen LogP contribution in [0.1, 0.15) is 15.9 Å². The summed E-state index contributed by atoms with van der Waals surface area (Å²) in [5.74, 6) is -2.47. The Kier molecular flexibility index (Phi) is 5.29. The van der Waals surface area contributed by atoms with Crippen LogP contribution < -0.4 is 4.90 Å². The summed E-state index contributed by atoms with van der Waals surface area (Å²) in [5.41, 5.74) is 1.29. The van der Waals surface area contributed by atoms with Crippen molar-refractivity contribution in [2.45, 2.75) is 6.92 Å². The second-order valence-corrected chi connectivity index (χ2v) is 7.33. The highest BCUT2D eigenvalue weighted by atomic mass is 32.1. The summed E-state index contributed by atoms with van der Waals surface area (Å²) < 4.78 is 29.2. The number of nitrogens with zero attached hydrogens (tertiary/aromatic N) is 3. The number of hydrogen-bond acceptors (Lipinski definition) is 4. The largest absolute Gasteiger partial charge is 0.308 e. The van der Waals surface area contributed by atoms with Crippen LogP contribution in [0.4, 0.5) is 13.9 Å². The third kappa shape index (κ3) is 3.73. The van der Waals surface area contributed by atoms with Gasteiger partial charge >= 0.3 is 0 Å². The first-order valence-corrected chi connectivity index (χ1v) is 8.96. The van der Waals surface area contributed by atoms with Gasteiger partial charge in [-0.05, 0) is 50.8 Å². The molecule has 0 fully saturated rings. The van der Waals surface area contributed by atoms with Gasteiger partial charge in [0.2, 0.25) is 0 Å².